The van der Waals surface area contributed by atoms with Crippen LogP contribution >= 0.6 is 0 Å². The van der Waals surface area contributed by atoms with Gasteiger partial charge in [-0.2, -0.15) is 0 Å². The maximum atomic E-state index is 6.06. The lowest BCUT2D eigenvalue weighted by Gasteiger charge is -2.12. The van der Waals surface area contributed by atoms with Crippen LogP contribution < -0.4 is 15.2 Å². The molecule has 2 heterocycles. The minimum atomic E-state index is 0.532. The van der Waals surface area contributed by atoms with Crippen LogP contribution in [0.2, 0.25) is 0 Å². The summed E-state index contributed by atoms with van der Waals surface area (Å²) in [7, 11) is 6.06. The second-order valence-electron chi connectivity index (χ2n) is 6.94. The quantitative estimate of drug-likeness (QED) is 0.634. The number of hydrogen-bond acceptors (Lipinski definition) is 4. The third-order valence-electron chi connectivity index (χ3n) is 4.76. The molecule has 0 bridgehead atoms. The predicted molar refractivity (Wildman–Crippen MR) is 125 cm³/mol. The summed E-state index contributed by atoms with van der Waals surface area (Å²) in [4.78, 5) is 4.84. The maximum absolute atomic E-state index is 6.06. The molecule has 6 heteroatoms. The summed E-state index contributed by atoms with van der Waals surface area (Å²) in [5.74, 6) is 1.50. The van der Waals surface area contributed by atoms with Gasteiger partial charge in [-0.15, -0.1) is 0 Å². The Kier molecular flexibility index (Phi) is 7.36. The minimum absolute atomic E-state index is 0.532. The van der Waals surface area contributed by atoms with E-state index in [0.717, 1.165) is 45.3 Å². The molecule has 0 aliphatic carbocycles. The molecule has 154 valence electrons. The van der Waals surface area contributed by atoms with Gasteiger partial charge in [0.1, 0.15) is 0 Å². The Bertz CT molecular complexity index is 1020. The van der Waals surface area contributed by atoms with Crippen molar-refractivity contribution < 1.29 is 9.47 Å². The number of benzene rings is 1. The van der Waals surface area contributed by atoms with Gasteiger partial charge in [0.15, 0.2) is 11.5 Å². The highest BCUT2D eigenvalue weighted by Gasteiger charge is 2.17. The van der Waals surface area contributed by atoms with Crippen molar-refractivity contribution in [2.75, 3.05) is 19.8 Å². The third kappa shape index (κ3) is 4.94. The molecule has 5 nitrogen and oxygen atoms in total. The molecule has 1 aliphatic rings. The molecule has 2 aromatic rings. The van der Waals surface area contributed by atoms with Crippen LogP contribution in [-0.2, 0) is 0 Å². The van der Waals surface area contributed by atoms with E-state index in [1.54, 1.807) is 4.48 Å². The van der Waals surface area contributed by atoms with E-state index < -0.39 is 0 Å². The first kappa shape index (κ1) is 21.7. The number of aliphatic imine (C=N–C) groups is 1. The van der Waals surface area contributed by atoms with Crippen molar-refractivity contribution >= 4 is 25.3 Å². The van der Waals surface area contributed by atoms with Crippen LogP contribution in [0.25, 0.3) is 11.6 Å². The Morgan fingerprint density at radius 1 is 1.13 bits per heavy atom. The Morgan fingerprint density at radius 3 is 2.57 bits per heavy atom. The fourth-order valence-corrected chi connectivity index (χ4v) is 3.45. The van der Waals surface area contributed by atoms with E-state index in [2.05, 4.69) is 13.0 Å². The molecule has 3 rings (SSSR count). The Balaban J connectivity index is 1.89. The zero-order chi connectivity index (χ0) is 21.5. The summed E-state index contributed by atoms with van der Waals surface area (Å²) >= 11 is 0. The normalized spacial score (nSPS) is 15.3. The molecule has 0 saturated heterocycles. The monoisotopic (exact) mass is 401 g/mol. The van der Waals surface area contributed by atoms with Gasteiger partial charge < -0.3 is 19.7 Å². The highest BCUT2D eigenvalue weighted by Crippen LogP contribution is 2.32. The molecule has 0 saturated carbocycles. The summed E-state index contributed by atoms with van der Waals surface area (Å²) in [6, 6.07) is 9.84. The van der Waals surface area contributed by atoms with E-state index in [9.17, 15) is 0 Å². The van der Waals surface area contributed by atoms with Gasteiger partial charge in [-0.05, 0) is 87.5 Å². The standard InChI is InChI=1S/C24H28BN3O2/c1-4-29-22-11-9-18(16-23(22)30-5-2)8-10-19-15-17(3)24(27-19)20(12-13-26)21-7-6-14-28(21)25/h6-11,14-16H,4-5,12-13,26H2,1-3H3/b10-8+,24-20-. The largest absolute Gasteiger partial charge is 0.490 e. The molecule has 0 atom stereocenters. The first-order chi connectivity index (χ1) is 14.6. The van der Waals surface area contributed by atoms with Gasteiger partial charge >= 0.3 is 0 Å². The highest BCUT2D eigenvalue weighted by molar-refractivity contribution is 6.11. The fourth-order valence-electron chi connectivity index (χ4n) is 3.45. The second kappa shape index (κ2) is 10.2. The average molecular weight is 401 g/mol. The van der Waals surface area contributed by atoms with Crippen LogP contribution in [0.5, 0.6) is 11.5 Å². The lowest BCUT2D eigenvalue weighted by atomic mass is 10.0. The highest BCUT2D eigenvalue weighted by atomic mass is 16.5. The van der Waals surface area contributed by atoms with Crippen LogP contribution in [0, 0.1) is 0 Å². The van der Waals surface area contributed by atoms with Crippen molar-refractivity contribution in [3.63, 3.8) is 0 Å². The van der Waals surface area contributed by atoms with E-state index in [4.69, 9.17) is 28.2 Å². The zero-order valence-electron chi connectivity index (χ0n) is 17.9. The molecule has 0 fully saturated rings. The number of nitrogens with zero attached hydrogens (tertiary/aromatic N) is 2. The van der Waals surface area contributed by atoms with Gasteiger partial charge in [-0.1, -0.05) is 12.1 Å². The number of nitrogens with two attached hydrogens (primary N) is 1. The van der Waals surface area contributed by atoms with E-state index in [1.807, 2.05) is 62.5 Å². The van der Waals surface area contributed by atoms with Gasteiger partial charge in [0.25, 0.3) is 0 Å². The molecular weight excluding hydrogens is 373 g/mol. The molecule has 30 heavy (non-hydrogen) atoms. The summed E-state index contributed by atoms with van der Waals surface area (Å²) in [6.07, 6.45) is 8.64. The molecule has 1 aliphatic heterocycles. The first-order valence-corrected chi connectivity index (χ1v) is 10.3. The first-order valence-electron chi connectivity index (χ1n) is 10.3. The SMILES string of the molecule is [B]n1cccc1/C(CCN)=C1N=C(/C=C/c2ccc(OCC)c(OCC)c2)C=C\1C. The van der Waals surface area contributed by atoms with Crippen molar-refractivity contribution in [3.05, 3.63) is 71.2 Å². The number of allylic oxidation sites excluding steroid dienone is 3. The molecule has 2 radical (unpaired) electrons. The van der Waals surface area contributed by atoms with E-state index in [0.29, 0.717) is 26.2 Å². The molecular formula is C24H28BN3O2. The molecule has 1 aromatic heterocycles. The molecule has 0 amide bonds. The van der Waals surface area contributed by atoms with Crippen molar-refractivity contribution in [2.24, 2.45) is 10.7 Å². The number of ether oxygens (including phenoxy) is 2. The molecule has 2 N–H and O–H groups in total. The van der Waals surface area contributed by atoms with Gasteiger partial charge in [-0.3, -0.25) is 0 Å². The maximum Gasteiger partial charge on any atom is 0.234 e. The number of hydrogen-bond donors (Lipinski definition) is 1. The third-order valence-corrected chi connectivity index (χ3v) is 4.76. The molecule has 1 aromatic carbocycles. The number of aromatic nitrogens is 1. The van der Waals surface area contributed by atoms with Crippen LogP contribution in [0.3, 0.4) is 0 Å². The van der Waals surface area contributed by atoms with Crippen LogP contribution in [0.1, 0.15) is 38.4 Å². The van der Waals surface area contributed by atoms with Gasteiger partial charge in [0.2, 0.25) is 7.98 Å². The summed E-state index contributed by atoms with van der Waals surface area (Å²) in [6.45, 7) is 7.70. The Hall–Kier alpha value is -2.99. The zero-order valence-corrected chi connectivity index (χ0v) is 17.9. The summed E-state index contributed by atoms with van der Waals surface area (Å²) in [5, 5.41) is 0. The Labute approximate surface area is 180 Å². The van der Waals surface area contributed by atoms with Gasteiger partial charge in [0.05, 0.1) is 24.6 Å². The van der Waals surface area contributed by atoms with Crippen molar-refractivity contribution in [1.82, 2.24) is 4.48 Å². The van der Waals surface area contributed by atoms with Crippen molar-refractivity contribution in [3.8, 4) is 11.5 Å². The smallest absolute Gasteiger partial charge is 0.234 e. The fraction of sp³-hybridized carbons (Fsp3) is 0.292. The van der Waals surface area contributed by atoms with E-state index >= 15 is 0 Å². The summed E-state index contributed by atoms with van der Waals surface area (Å²) < 4.78 is 13.0. The van der Waals surface area contributed by atoms with Gasteiger partial charge in [0, 0.05) is 11.3 Å². The van der Waals surface area contributed by atoms with Crippen LogP contribution in [0.15, 0.2) is 64.9 Å². The van der Waals surface area contributed by atoms with Crippen molar-refractivity contribution in [2.45, 2.75) is 27.2 Å². The predicted octanol–water partition coefficient (Wildman–Crippen LogP) is 4.39. The van der Waals surface area contributed by atoms with E-state index in [-0.39, 0.29) is 0 Å². The minimum Gasteiger partial charge on any atom is -0.490 e. The van der Waals surface area contributed by atoms with Crippen LogP contribution in [0.4, 0.5) is 0 Å². The van der Waals surface area contributed by atoms with Gasteiger partial charge in [-0.25, -0.2) is 4.99 Å². The topological polar surface area (TPSA) is 61.8 Å². The lowest BCUT2D eigenvalue weighted by molar-refractivity contribution is 0.287. The summed E-state index contributed by atoms with van der Waals surface area (Å²) in [5.41, 5.74) is 11.8. The lowest BCUT2D eigenvalue weighted by Crippen LogP contribution is -2.05. The molecule has 0 spiro atoms. The molecule has 0 unspecified atom stereocenters. The van der Waals surface area contributed by atoms with Crippen molar-refractivity contribution in [1.29, 1.82) is 0 Å². The number of rotatable bonds is 9. The average Bonchev–Trinajstić information content (AvgIpc) is 3.32. The van der Waals surface area contributed by atoms with E-state index in [1.165, 1.54) is 0 Å². The van der Waals surface area contributed by atoms with Crippen LogP contribution in [-0.4, -0.2) is 37.9 Å². The Morgan fingerprint density at radius 2 is 1.90 bits per heavy atom. The second-order valence-corrected chi connectivity index (χ2v) is 6.94.